The molecule has 0 aromatic heterocycles. The number of esters is 2. The molecule has 4 heteroatoms. The molecule has 0 unspecified atom stereocenters. The van der Waals surface area contributed by atoms with Crippen LogP contribution in [-0.2, 0) is 19.1 Å². The van der Waals surface area contributed by atoms with Crippen LogP contribution in [0.25, 0.3) is 0 Å². The van der Waals surface area contributed by atoms with Gasteiger partial charge in [-0.05, 0) is 25.8 Å². The second kappa shape index (κ2) is 4.96. The van der Waals surface area contributed by atoms with Gasteiger partial charge in [-0.15, -0.1) is 0 Å². The van der Waals surface area contributed by atoms with E-state index in [1.54, 1.807) is 26.0 Å². The maximum absolute atomic E-state index is 11.9. The first kappa shape index (κ1) is 12.5. The Morgan fingerprint density at radius 2 is 1.81 bits per heavy atom. The molecule has 0 aromatic carbocycles. The highest BCUT2D eigenvalue weighted by atomic mass is 16.6. The molecule has 0 atom stereocenters. The van der Waals surface area contributed by atoms with E-state index in [-0.39, 0.29) is 19.6 Å². The number of rotatable bonds is 4. The standard InChI is InChI=1S/C12H16O4/c1-4-15-10(13)12(11(14)16-5-2)8-6-7-9(12)3/h6-7H,3-5,8H2,1-2H3. The van der Waals surface area contributed by atoms with Crippen LogP contribution in [0.1, 0.15) is 20.3 Å². The van der Waals surface area contributed by atoms with Crippen molar-refractivity contribution in [2.45, 2.75) is 20.3 Å². The summed E-state index contributed by atoms with van der Waals surface area (Å²) in [4.78, 5) is 23.7. The second-order valence-corrected chi connectivity index (χ2v) is 3.48. The lowest BCUT2D eigenvalue weighted by Crippen LogP contribution is -2.41. The third kappa shape index (κ3) is 1.87. The molecule has 1 rings (SSSR count). The summed E-state index contributed by atoms with van der Waals surface area (Å²) in [6.45, 7) is 7.58. The molecule has 0 saturated heterocycles. The Kier molecular flexibility index (Phi) is 3.88. The third-order valence-corrected chi connectivity index (χ3v) is 2.54. The average Bonchev–Trinajstić information content (AvgIpc) is 2.62. The van der Waals surface area contributed by atoms with Crippen molar-refractivity contribution < 1.29 is 19.1 Å². The van der Waals surface area contributed by atoms with E-state index in [4.69, 9.17) is 9.47 Å². The largest absolute Gasteiger partial charge is 0.465 e. The fraction of sp³-hybridized carbons (Fsp3) is 0.500. The summed E-state index contributed by atoms with van der Waals surface area (Å²) in [5.74, 6) is -1.16. The zero-order valence-electron chi connectivity index (χ0n) is 9.62. The van der Waals surface area contributed by atoms with Crippen LogP contribution in [0.15, 0.2) is 24.3 Å². The zero-order valence-corrected chi connectivity index (χ0v) is 9.62. The van der Waals surface area contributed by atoms with Crippen LogP contribution in [0, 0.1) is 5.41 Å². The maximum Gasteiger partial charge on any atom is 0.328 e. The minimum Gasteiger partial charge on any atom is -0.465 e. The van der Waals surface area contributed by atoms with E-state index in [0.29, 0.717) is 5.57 Å². The fourth-order valence-corrected chi connectivity index (χ4v) is 1.67. The highest BCUT2D eigenvalue weighted by molar-refractivity contribution is 6.05. The zero-order chi connectivity index (χ0) is 12.2. The van der Waals surface area contributed by atoms with E-state index in [1.807, 2.05) is 0 Å². The normalized spacial score (nSPS) is 17.2. The molecule has 0 aliphatic heterocycles. The summed E-state index contributed by atoms with van der Waals surface area (Å²) >= 11 is 0. The van der Waals surface area contributed by atoms with Gasteiger partial charge in [-0.3, -0.25) is 9.59 Å². The molecule has 4 nitrogen and oxygen atoms in total. The van der Waals surface area contributed by atoms with Gasteiger partial charge in [0.1, 0.15) is 0 Å². The average molecular weight is 224 g/mol. The Morgan fingerprint density at radius 3 is 2.12 bits per heavy atom. The predicted octanol–water partition coefficient (Wildman–Crippen LogP) is 1.62. The second-order valence-electron chi connectivity index (χ2n) is 3.48. The molecule has 88 valence electrons. The lowest BCUT2D eigenvalue weighted by molar-refractivity contribution is -0.168. The van der Waals surface area contributed by atoms with Crippen LogP contribution < -0.4 is 0 Å². The first-order valence-corrected chi connectivity index (χ1v) is 5.30. The summed E-state index contributed by atoms with van der Waals surface area (Å²) in [5.41, 5.74) is -0.921. The highest BCUT2D eigenvalue weighted by Gasteiger charge is 2.51. The Morgan fingerprint density at radius 1 is 1.31 bits per heavy atom. The van der Waals surface area contributed by atoms with Crippen LogP contribution in [0.2, 0.25) is 0 Å². The van der Waals surface area contributed by atoms with Crippen LogP contribution in [0.3, 0.4) is 0 Å². The molecule has 0 heterocycles. The van der Waals surface area contributed by atoms with Gasteiger partial charge in [-0.1, -0.05) is 18.7 Å². The lowest BCUT2D eigenvalue weighted by atomic mass is 9.82. The van der Waals surface area contributed by atoms with Crippen molar-refractivity contribution in [1.29, 1.82) is 0 Å². The molecule has 0 radical (unpaired) electrons. The van der Waals surface area contributed by atoms with Crippen LogP contribution >= 0.6 is 0 Å². The smallest absolute Gasteiger partial charge is 0.328 e. The van der Waals surface area contributed by atoms with Crippen molar-refractivity contribution in [3.05, 3.63) is 24.3 Å². The lowest BCUT2D eigenvalue weighted by Gasteiger charge is -2.25. The minimum atomic E-state index is -1.36. The Balaban J connectivity index is 2.99. The third-order valence-electron chi connectivity index (χ3n) is 2.54. The first-order chi connectivity index (χ1) is 7.59. The van der Waals surface area contributed by atoms with Gasteiger partial charge in [0.05, 0.1) is 13.2 Å². The van der Waals surface area contributed by atoms with Crippen LogP contribution in [0.5, 0.6) is 0 Å². The van der Waals surface area contributed by atoms with E-state index >= 15 is 0 Å². The number of ether oxygens (including phenoxy) is 2. The number of carbonyl (C=O) groups is 2. The van der Waals surface area contributed by atoms with E-state index < -0.39 is 17.4 Å². The Labute approximate surface area is 94.9 Å². The van der Waals surface area contributed by atoms with Gasteiger partial charge < -0.3 is 9.47 Å². The predicted molar refractivity (Wildman–Crippen MR) is 58.6 cm³/mol. The van der Waals surface area contributed by atoms with E-state index in [0.717, 1.165) is 0 Å². The van der Waals surface area contributed by atoms with E-state index in [1.165, 1.54) is 0 Å². The Bertz CT molecular complexity index is 323. The molecule has 0 aromatic rings. The molecule has 16 heavy (non-hydrogen) atoms. The SMILES string of the molecule is C=C1C=CCC1(C(=O)OCC)C(=O)OCC. The minimum absolute atomic E-state index is 0.229. The summed E-state index contributed by atoms with van der Waals surface area (Å²) in [6, 6.07) is 0. The summed E-state index contributed by atoms with van der Waals surface area (Å²) in [6.07, 6.45) is 3.66. The van der Waals surface area contributed by atoms with Gasteiger partial charge in [-0.25, -0.2) is 0 Å². The molecule has 0 fully saturated rings. The van der Waals surface area contributed by atoms with Gasteiger partial charge in [0, 0.05) is 0 Å². The number of hydrogen-bond donors (Lipinski definition) is 0. The van der Waals surface area contributed by atoms with Gasteiger partial charge in [-0.2, -0.15) is 0 Å². The van der Waals surface area contributed by atoms with Crippen molar-refractivity contribution in [1.82, 2.24) is 0 Å². The fourth-order valence-electron chi connectivity index (χ4n) is 1.67. The first-order valence-electron chi connectivity index (χ1n) is 5.30. The highest BCUT2D eigenvalue weighted by Crippen LogP contribution is 2.39. The number of hydrogen-bond acceptors (Lipinski definition) is 4. The molecule has 0 amide bonds. The summed E-state index contributed by atoms with van der Waals surface area (Å²) in [5, 5.41) is 0. The van der Waals surface area contributed by atoms with Crippen molar-refractivity contribution in [2.75, 3.05) is 13.2 Å². The van der Waals surface area contributed by atoms with E-state index in [9.17, 15) is 9.59 Å². The van der Waals surface area contributed by atoms with Crippen molar-refractivity contribution in [2.24, 2.45) is 5.41 Å². The van der Waals surface area contributed by atoms with Gasteiger partial charge in [0.25, 0.3) is 0 Å². The van der Waals surface area contributed by atoms with Gasteiger partial charge in [0.2, 0.25) is 0 Å². The number of carbonyl (C=O) groups excluding carboxylic acids is 2. The molecule has 1 aliphatic rings. The van der Waals surface area contributed by atoms with Gasteiger partial charge >= 0.3 is 11.9 Å². The van der Waals surface area contributed by atoms with Gasteiger partial charge in [0.15, 0.2) is 5.41 Å². The Hall–Kier alpha value is -1.58. The molecule has 0 spiro atoms. The molecule has 0 saturated carbocycles. The molecule has 0 bridgehead atoms. The van der Waals surface area contributed by atoms with Crippen LogP contribution in [-0.4, -0.2) is 25.2 Å². The monoisotopic (exact) mass is 224 g/mol. The topological polar surface area (TPSA) is 52.6 Å². The molecular weight excluding hydrogens is 208 g/mol. The molecule has 1 aliphatic carbocycles. The van der Waals surface area contributed by atoms with E-state index in [2.05, 4.69) is 6.58 Å². The summed E-state index contributed by atoms with van der Waals surface area (Å²) in [7, 11) is 0. The summed E-state index contributed by atoms with van der Waals surface area (Å²) < 4.78 is 9.85. The van der Waals surface area contributed by atoms with Crippen molar-refractivity contribution in [3.63, 3.8) is 0 Å². The number of allylic oxidation sites excluding steroid dienone is 2. The van der Waals surface area contributed by atoms with Crippen molar-refractivity contribution >= 4 is 11.9 Å². The quantitative estimate of drug-likeness (QED) is 0.538. The van der Waals surface area contributed by atoms with Crippen molar-refractivity contribution in [3.8, 4) is 0 Å². The molecular formula is C12H16O4. The molecule has 0 N–H and O–H groups in total. The maximum atomic E-state index is 11.9. The van der Waals surface area contributed by atoms with Crippen LogP contribution in [0.4, 0.5) is 0 Å².